The van der Waals surface area contributed by atoms with Gasteiger partial charge in [0.05, 0.1) is 19.8 Å². The summed E-state index contributed by atoms with van der Waals surface area (Å²) >= 11 is 0. The van der Waals surface area contributed by atoms with Crippen LogP contribution in [0.1, 0.15) is 11.6 Å². The molecule has 17 heavy (non-hydrogen) atoms. The number of aliphatic hydroxyl groups excluding tert-OH is 2. The van der Waals surface area contributed by atoms with E-state index in [1.807, 2.05) is 0 Å². The third-order valence-corrected chi connectivity index (χ3v) is 2.33. The van der Waals surface area contributed by atoms with Crippen molar-refractivity contribution in [2.45, 2.75) is 12.1 Å². The van der Waals surface area contributed by atoms with E-state index in [4.69, 9.17) is 14.9 Å². The number of rotatable bonds is 5. The van der Waals surface area contributed by atoms with Crippen molar-refractivity contribution in [2.24, 2.45) is 0 Å². The molecule has 6 nitrogen and oxygen atoms in total. The molecular weight excluding hydrogens is 226 g/mol. The zero-order chi connectivity index (χ0) is 12.8. The van der Waals surface area contributed by atoms with Gasteiger partial charge in [-0.25, -0.2) is 4.79 Å². The molecule has 1 aromatic rings. The molecule has 0 spiro atoms. The van der Waals surface area contributed by atoms with Crippen LogP contribution in [0.25, 0.3) is 0 Å². The number of nitrogens with one attached hydrogen (secondary N) is 1. The van der Waals surface area contributed by atoms with Crippen molar-refractivity contribution in [1.82, 2.24) is 5.32 Å². The summed E-state index contributed by atoms with van der Waals surface area (Å²) in [4.78, 5) is 10.6. The number of benzene rings is 1. The lowest BCUT2D eigenvalue weighted by molar-refractivity contribution is 0.0619. The van der Waals surface area contributed by atoms with Crippen LogP contribution in [0.3, 0.4) is 0 Å². The highest BCUT2D eigenvalue weighted by atomic mass is 16.5. The fourth-order valence-electron chi connectivity index (χ4n) is 1.45. The van der Waals surface area contributed by atoms with Gasteiger partial charge in [-0.05, 0) is 17.7 Å². The molecule has 0 aliphatic carbocycles. The van der Waals surface area contributed by atoms with Crippen LogP contribution < -0.4 is 10.1 Å². The maximum atomic E-state index is 10.6. The fraction of sp³-hybridized carbons (Fsp3) is 0.364. The summed E-state index contributed by atoms with van der Waals surface area (Å²) in [7, 11) is 1.52. The number of amides is 1. The van der Waals surface area contributed by atoms with E-state index in [9.17, 15) is 9.90 Å². The zero-order valence-electron chi connectivity index (χ0n) is 9.33. The van der Waals surface area contributed by atoms with Gasteiger partial charge in [-0.1, -0.05) is 12.1 Å². The van der Waals surface area contributed by atoms with Crippen molar-refractivity contribution in [1.29, 1.82) is 0 Å². The number of methoxy groups -OCH3 is 1. The van der Waals surface area contributed by atoms with Crippen molar-refractivity contribution in [3.63, 3.8) is 0 Å². The fourth-order valence-corrected chi connectivity index (χ4v) is 1.45. The van der Waals surface area contributed by atoms with Gasteiger partial charge in [0.25, 0.3) is 0 Å². The van der Waals surface area contributed by atoms with E-state index in [-0.39, 0.29) is 0 Å². The first-order valence-electron chi connectivity index (χ1n) is 5.00. The third-order valence-electron chi connectivity index (χ3n) is 2.33. The van der Waals surface area contributed by atoms with Gasteiger partial charge in [0.1, 0.15) is 11.9 Å². The lowest BCUT2D eigenvalue weighted by Gasteiger charge is -2.21. The quantitative estimate of drug-likeness (QED) is 0.596. The highest BCUT2D eigenvalue weighted by Gasteiger charge is 2.22. The Balaban J connectivity index is 2.91. The molecule has 0 saturated carbocycles. The second kappa shape index (κ2) is 6.07. The minimum atomic E-state index is -1.27. The average molecular weight is 241 g/mol. The zero-order valence-corrected chi connectivity index (χ0v) is 9.33. The van der Waals surface area contributed by atoms with Gasteiger partial charge in [0.2, 0.25) is 0 Å². The summed E-state index contributed by atoms with van der Waals surface area (Å²) in [6.45, 7) is -0.531. The summed E-state index contributed by atoms with van der Waals surface area (Å²) in [5.74, 6) is 0.626. The Morgan fingerprint density at radius 3 is 2.41 bits per heavy atom. The summed E-state index contributed by atoms with van der Waals surface area (Å²) in [6.07, 6.45) is -2.46. The second-order valence-corrected chi connectivity index (χ2v) is 3.45. The number of ether oxygens (including phenoxy) is 1. The van der Waals surface area contributed by atoms with Crippen LogP contribution in [-0.2, 0) is 0 Å². The summed E-state index contributed by atoms with van der Waals surface area (Å²) < 4.78 is 4.97. The molecule has 4 N–H and O–H groups in total. The van der Waals surface area contributed by atoms with Gasteiger partial charge < -0.3 is 25.4 Å². The van der Waals surface area contributed by atoms with Gasteiger partial charge in [-0.2, -0.15) is 0 Å². The molecule has 0 radical (unpaired) electrons. The topological polar surface area (TPSA) is 99.0 Å². The maximum Gasteiger partial charge on any atom is 0.405 e. The predicted molar refractivity (Wildman–Crippen MR) is 60.0 cm³/mol. The largest absolute Gasteiger partial charge is 0.497 e. The first kappa shape index (κ1) is 13.3. The maximum absolute atomic E-state index is 10.6. The third kappa shape index (κ3) is 3.61. The molecule has 6 heteroatoms. The van der Waals surface area contributed by atoms with Crippen molar-refractivity contribution < 1.29 is 24.9 Å². The van der Waals surface area contributed by atoms with E-state index in [0.717, 1.165) is 0 Å². The second-order valence-electron chi connectivity index (χ2n) is 3.45. The Hall–Kier alpha value is -1.79. The van der Waals surface area contributed by atoms with E-state index in [1.165, 1.54) is 7.11 Å². The van der Waals surface area contributed by atoms with Gasteiger partial charge in [0, 0.05) is 0 Å². The molecule has 0 heterocycles. The normalized spacial score (nSPS) is 13.8. The number of carboxylic acid groups (broad SMARTS) is 1. The molecule has 0 fully saturated rings. The van der Waals surface area contributed by atoms with Crippen LogP contribution in [-0.4, -0.2) is 41.2 Å². The van der Waals surface area contributed by atoms with E-state index < -0.39 is 24.8 Å². The summed E-state index contributed by atoms with van der Waals surface area (Å²) in [5, 5.41) is 29.2. The van der Waals surface area contributed by atoms with Crippen LogP contribution in [0.2, 0.25) is 0 Å². The van der Waals surface area contributed by atoms with Crippen molar-refractivity contribution >= 4 is 6.09 Å². The molecule has 0 aromatic heterocycles. The van der Waals surface area contributed by atoms with Crippen molar-refractivity contribution in [2.75, 3.05) is 13.7 Å². The summed E-state index contributed by atoms with van der Waals surface area (Å²) in [5.41, 5.74) is 0.551. The first-order chi connectivity index (χ1) is 8.08. The summed E-state index contributed by atoms with van der Waals surface area (Å²) in [6, 6.07) is 5.67. The molecule has 1 rings (SSSR count). The minimum absolute atomic E-state index is 0.531. The van der Waals surface area contributed by atoms with Crippen LogP contribution in [0.15, 0.2) is 24.3 Å². The minimum Gasteiger partial charge on any atom is -0.497 e. The smallest absolute Gasteiger partial charge is 0.405 e. The van der Waals surface area contributed by atoms with Crippen LogP contribution in [0.5, 0.6) is 5.75 Å². The predicted octanol–water partition coefficient (Wildman–Crippen LogP) is 0.357. The Morgan fingerprint density at radius 1 is 1.41 bits per heavy atom. The van der Waals surface area contributed by atoms with Gasteiger partial charge in [0.15, 0.2) is 0 Å². The Labute approximate surface area is 98.5 Å². The average Bonchev–Trinajstić information content (AvgIpc) is 2.35. The van der Waals surface area contributed by atoms with Gasteiger partial charge in [-0.15, -0.1) is 0 Å². The van der Waals surface area contributed by atoms with Crippen molar-refractivity contribution in [3.05, 3.63) is 29.8 Å². The van der Waals surface area contributed by atoms with E-state index in [2.05, 4.69) is 5.32 Å². The Morgan fingerprint density at radius 2 is 2.00 bits per heavy atom. The van der Waals surface area contributed by atoms with Crippen LogP contribution >= 0.6 is 0 Å². The molecular formula is C11H15NO5. The monoisotopic (exact) mass is 241 g/mol. The molecule has 1 amide bonds. The molecule has 2 atom stereocenters. The number of carbonyl (C=O) groups is 1. The van der Waals surface area contributed by atoms with Crippen LogP contribution in [0, 0.1) is 0 Å². The number of aliphatic hydroxyl groups is 2. The number of hydrogen-bond acceptors (Lipinski definition) is 4. The molecule has 1 aromatic carbocycles. The standard InChI is InChI=1S/C11H15NO5/c1-17-8-4-2-7(3-5-8)10(9(14)6-13)12-11(15)16/h2-5,9-10,12-14H,6H2,1H3,(H,15,16)/t9-,10-/m1/s1. The molecule has 0 aliphatic heterocycles. The Bertz CT molecular complexity index is 365. The van der Waals surface area contributed by atoms with E-state index in [1.54, 1.807) is 24.3 Å². The lowest BCUT2D eigenvalue weighted by atomic mass is 10.0. The first-order valence-corrected chi connectivity index (χ1v) is 5.00. The van der Waals surface area contributed by atoms with Gasteiger partial charge in [-0.3, -0.25) is 0 Å². The number of hydrogen-bond donors (Lipinski definition) is 4. The van der Waals surface area contributed by atoms with Crippen molar-refractivity contribution in [3.8, 4) is 5.75 Å². The highest BCUT2D eigenvalue weighted by molar-refractivity contribution is 5.65. The lowest BCUT2D eigenvalue weighted by Crippen LogP contribution is -2.37. The molecule has 0 bridgehead atoms. The molecule has 94 valence electrons. The molecule has 0 saturated heterocycles. The SMILES string of the molecule is COc1ccc([C@@H](NC(=O)O)[C@H](O)CO)cc1. The highest BCUT2D eigenvalue weighted by Crippen LogP contribution is 2.20. The molecule has 0 unspecified atom stereocenters. The molecule has 0 aliphatic rings. The van der Waals surface area contributed by atoms with Gasteiger partial charge >= 0.3 is 6.09 Å². The Kier molecular flexibility index (Phi) is 4.74. The van der Waals surface area contributed by atoms with Crippen LogP contribution in [0.4, 0.5) is 4.79 Å². The van der Waals surface area contributed by atoms with E-state index in [0.29, 0.717) is 11.3 Å². The van der Waals surface area contributed by atoms with E-state index >= 15 is 0 Å².